The molecule has 1 amide bonds. The van der Waals surface area contributed by atoms with E-state index in [2.05, 4.69) is 4.72 Å². The van der Waals surface area contributed by atoms with Gasteiger partial charge in [-0.1, -0.05) is 13.0 Å². The summed E-state index contributed by atoms with van der Waals surface area (Å²) >= 11 is 1.56. The number of benzene rings is 1. The van der Waals surface area contributed by atoms with E-state index in [1.807, 2.05) is 17.5 Å². The van der Waals surface area contributed by atoms with Crippen LogP contribution in [-0.2, 0) is 31.3 Å². The molecule has 1 unspecified atom stereocenters. The first-order valence-electron chi connectivity index (χ1n) is 7.90. The summed E-state index contributed by atoms with van der Waals surface area (Å²) in [7, 11) is -7.41. The third kappa shape index (κ3) is 3.83. The molecule has 0 bridgehead atoms. The van der Waals surface area contributed by atoms with Gasteiger partial charge >= 0.3 is 0 Å². The molecule has 2 heterocycles. The number of anilines is 1. The number of hydrogen-bond acceptors (Lipinski definition) is 6. The first-order chi connectivity index (χ1) is 12.2. The maximum Gasteiger partial charge on any atom is 0.244 e. The molecule has 2 aromatic rings. The van der Waals surface area contributed by atoms with Gasteiger partial charge in [-0.2, -0.15) is 0 Å². The third-order valence-electron chi connectivity index (χ3n) is 3.99. The Bertz CT molecular complexity index is 997. The van der Waals surface area contributed by atoms with Gasteiger partial charge in [0.25, 0.3) is 0 Å². The molecular weight excluding hydrogens is 396 g/mol. The number of hydrogen-bond donors (Lipinski definition) is 1. The van der Waals surface area contributed by atoms with Crippen LogP contribution in [0.4, 0.5) is 5.69 Å². The lowest BCUT2D eigenvalue weighted by Gasteiger charge is -2.15. The lowest BCUT2D eigenvalue weighted by atomic mass is 10.2. The smallest absolute Gasteiger partial charge is 0.244 e. The summed E-state index contributed by atoms with van der Waals surface area (Å²) in [5.74, 6) is -1.35. The molecule has 1 aliphatic rings. The van der Waals surface area contributed by atoms with Crippen LogP contribution < -0.4 is 9.03 Å². The van der Waals surface area contributed by atoms with Crippen LogP contribution in [0.15, 0.2) is 46.7 Å². The van der Waals surface area contributed by atoms with Crippen molar-refractivity contribution in [3.8, 4) is 0 Å². The van der Waals surface area contributed by atoms with E-state index in [0.717, 1.165) is 9.18 Å². The zero-order valence-corrected chi connectivity index (χ0v) is 16.4. The van der Waals surface area contributed by atoms with Gasteiger partial charge in [0.15, 0.2) is 0 Å². The summed E-state index contributed by atoms with van der Waals surface area (Å²) in [5.41, 5.74) is 0.150. The number of thiophene rings is 1. The highest BCUT2D eigenvalue weighted by atomic mass is 32.2. The van der Waals surface area contributed by atoms with Gasteiger partial charge in [-0.25, -0.2) is 25.9 Å². The van der Waals surface area contributed by atoms with Gasteiger partial charge in [0, 0.05) is 11.4 Å². The summed E-state index contributed by atoms with van der Waals surface area (Å²) in [6.07, 6.45) is 0.591. The predicted molar refractivity (Wildman–Crippen MR) is 100 cm³/mol. The molecule has 0 radical (unpaired) electrons. The van der Waals surface area contributed by atoms with E-state index in [1.54, 1.807) is 18.3 Å². The molecule has 3 rings (SSSR count). The second kappa shape index (κ2) is 7.10. The van der Waals surface area contributed by atoms with Crippen LogP contribution in [0, 0.1) is 5.92 Å². The number of sulfonamides is 2. The molecule has 1 fully saturated rings. The Morgan fingerprint density at radius 1 is 1.23 bits per heavy atom. The van der Waals surface area contributed by atoms with Gasteiger partial charge in [0.2, 0.25) is 26.0 Å². The van der Waals surface area contributed by atoms with Crippen molar-refractivity contribution < 1.29 is 21.6 Å². The predicted octanol–water partition coefficient (Wildman–Crippen LogP) is 1.58. The first kappa shape index (κ1) is 19.0. The zero-order chi connectivity index (χ0) is 18.9. The van der Waals surface area contributed by atoms with E-state index in [-0.39, 0.29) is 22.9 Å². The molecule has 1 aromatic heterocycles. The van der Waals surface area contributed by atoms with Crippen LogP contribution in [-0.4, -0.2) is 35.0 Å². The summed E-state index contributed by atoms with van der Waals surface area (Å²) in [4.78, 5) is 13.2. The average molecular weight is 415 g/mol. The molecule has 1 N–H and O–H groups in total. The fourth-order valence-electron chi connectivity index (χ4n) is 2.69. The van der Waals surface area contributed by atoms with E-state index in [0.29, 0.717) is 6.42 Å². The van der Waals surface area contributed by atoms with Gasteiger partial charge in [-0.3, -0.25) is 4.79 Å². The van der Waals surface area contributed by atoms with E-state index in [1.165, 1.54) is 24.3 Å². The second-order valence-corrected chi connectivity index (χ2v) is 10.7. The standard InChI is InChI=1S/C16H18N2O5S3/c1-12-11-25(20,21)18(16(12)19)13-4-6-15(7-5-13)26(22,23)17-9-8-14-3-2-10-24-14/h2-7,10,12,17H,8-9,11H2,1H3. The Hall–Kier alpha value is -1.75. The molecule has 1 aliphatic heterocycles. The number of nitrogens with one attached hydrogen (secondary N) is 1. The fraction of sp³-hybridized carbons (Fsp3) is 0.312. The lowest BCUT2D eigenvalue weighted by molar-refractivity contribution is -0.119. The summed E-state index contributed by atoms with van der Waals surface area (Å²) < 4.78 is 52.1. The minimum absolute atomic E-state index is 0.0181. The van der Waals surface area contributed by atoms with Gasteiger partial charge in [-0.05, 0) is 42.1 Å². The molecular formula is C16H18N2O5S3. The molecule has 1 saturated heterocycles. The van der Waals surface area contributed by atoms with Crippen molar-refractivity contribution >= 4 is 43.0 Å². The van der Waals surface area contributed by atoms with Crippen molar-refractivity contribution in [1.29, 1.82) is 0 Å². The van der Waals surface area contributed by atoms with Crippen LogP contribution in [0.3, 0.4) is 0 Å². The second-order valence-electron chi connectivity index (χ2n) is 6.00. The molecule has 1 aromatic carbocycles. The molecule has 0 aliphatic carbocycles. The molecule has 7 nitrogen and oxygen atoms in total. The highest BCUT2D eigenvalue weighted by Gasteiger charge is 2.41. The largest absolute Gasteiger partial charge is 0.273 e. The van der Waals surface area contributed by atoms with Crippen LogP contribution in [0.5, 0.6) is 0 Å². The Balaban J connectivity index is 1.73. The van der Waals surface area contributed by atoms with Crippen molar-refractivity contribution in [2.24, 2.45) is 5.92 Å². The summed E-state index contributed by atoms with van der Waals surface area (Å²) in [6.45, 7) is 1.82. The summed E-state index contributed by atoms with van der Waals surface area (Å²) in [6, 6.07) is 9.11. The van der Waals surface area contributed by atoms with Gasteiger partial charge < -0.3 is 0 Å². The van der Waals surface area contributed by atoms with Crippen molar-refractivity contribution in [3.05, 3.63) is 46.7 Å². The highest BCUT2D eigenvalue weighted by Crippen LogP contribution is 2.28. The van der Waals surface area contributed by atoms with Gasteiger partial charge in [-0.15, -0.1) is 11.3 Å². The molecule has 26 heavy (non-hydrogen) atoms. The Morgan fingerprint density at radius 2 is 1.92 bits per heavy atom. The van der Waals surface area contributed by atoms with Crippen LogP contribution in [0.25, 0.3) is 0 Å². The maximum atomic E-state index is 12.3. The minimum atomic E-state index is -3.71. The van der Waals surface area contributed by atoms with Crippen molar-refractivity contribution in [1.82, 2.24) is 4.72 Å². The maximum absolute atomic E-state index is 12.3. The normalized spacial score (nSPS) is 19.8. The number of nitrogens with zero attached hydrogens (tertiary/aromatic N) is 1. The fourth-order valence-corrected chi connectivity index (χ4v) is 6.26. The van der Waals surface area contributed by atoms with Gasteiger partial charge in [0.1, 0.15) is 0 Å². The monoisotopic (exact) mass is 414 g/mol. The van der Waals surface area contributed by atoms with Crippen LogP contribution >= 0.6 is 11.3 Å². The molecule has 0 spiro atoms. The average Bonchev–Trinajstić information content (AvgIpc) is 3.14. The number of carbonyl (C=O) groups is 1. The zero-order valence-electron chi connectivity index (χ0n) is 14.0. The summed E-state index contributed by atoms with van der Waals surface area (Å²) in [5, 5.41) is 1.93. The third-order valence-corrected chi connectivity index (χ3v) is 8.27. The number of carbonyl (C=O) groups excluding carboxylic acids is 1. The van der Waals surface area contributed by atoms with Crippen LogP contribution in [0.1, 0.15) is 11.8 Å². The van der Waals surface area contributed by atoms with Crippen LogP contribution in [0.2, 0.25) is 0 Å². The van der Waals surface area contributed by atoms with E-state index in [9.17, 15) is 21.6 Å². The van der Waals surface area contributed by atoms with Crippen molar-refractivity contribution in [3.63, 3.8) is 0 Å². The molecule has 10 heteroatoms. The molecule has 140 valence electrons. The number of amides is 1. The SMILES string of the molecule is CC1CS(=O)(=O)N(c2ccc(S(=O)(=O)NCCc3cccs3)cc2)C1=O. The first-order valence-corrected chi connectivity index (χ1v) is 11.9. The lowest BCUT2D eigenvalue weighted by Crippen LogP contribution is -2.30. The number of rotatable bonds is 6. The van der Waals surface area contributed by atoms with Gasteiger partial charge in [0.05, 0.1) is 22.3 Å². The topological polar surface area (TPSA) is 101 Å². The van der Waals surface area contributed by atoms with E-state index in [4.69, 9.17) is 0 Å². The minimum Gasteiger partial charge on any atom is -0.273 e. The Morgan fingerprint density at radius 3 is 2.46 bits per heavy atom. The molecule has 1 atom stereocenters. The van der Waals surface area contributed by atoms with E-state index < -0.39 is 31.9 Å². The van der Waals surface area contributed by atoms with E-state index >= 15 is 0 Å². The molecule has 0 saturated carbocycles. The van der Waals surface area contributed by atoms with Crippen molar-refractivity contribution in [2.45, 2.75) is 18.2 Å². The Labute approximate surface area is 156 Å². The Kier molecular flexibility index (Phi) is 5.20. The highest BCUT2D eigenvalue weighted by molar-refractivity contribution is 7.94. The van der Waals surface area contributed by atoms with Crippen molar-refractivity contribution in [2.75, 3.05) is 16.6 Å². The quantitative estimate of drug-likeness (QED) is 0.773.